The molecule has 0 bridgehead atoms. The van der Waals surface area contributed by atoms with E-state index in [9.17, 15) is 4.79 Å². The molecule has 0 saturated carbocycles. The van der Waals surface area contributed by atoms with Crippen LogP contribution in [-0.4, -0.2) is 5.78 Å². The molecule has 1 nitrogen and oxygen atoms in total. The SMILES string of the molecule is Cc1cccc(C)c1C(=O)Cc1ccccc1. The second-order valence-corrected chi connectivity index (χ2v) is 4.35. The molecule has 0 saturated heterocycles. The minimum Gasteiger partial charge on any atom is -0.294 e. The van der Waals surface area contributed by atoms with Gasteiger partial charge in [0, 0.05) is 12.0 Å². The Labute approximate surface area is 102 Å². The third kappa shape index (κ3) is 2.62. The van der Waals surface area contributed by atoms with Crippen LogP contribution in [0, 0.1) is 13.8 Å². The summed E-state index contributed by atoms with van der Waals surface area (Å²) in [6, 6.07) is 15.9. The highest BCUT2D eigenvalue weighted by atomic mass is 16.1. The van der Waals surface area contributed by atoms with Crippen molar-refractivity contribution in [1.82, 2.24) is 0 Å². The Morgan fingerprint density at radius 2 is 1.47 bits per heavy atom. The summed E-state index contributed by atoms with van der Waals surface area (Å²) < 4.78 is 0. The molecule has 0 spiro atoms. The number of hydrogen-bond acceptors (Lipinski definition) is 1. The van der Waals surface area contributed by atoms with E-state index in [-0.39, 0.29) is 5.78 Å². The summed E-state index contributed by atoms with van der Waals surface area (Å²) >= 11 is 0. The van der Waals surface area contributed by atoms with Crippen LogP contribution in [0.15, 0.2) is 48.5 Å². The molecule has 0 aromatic heterocycles. The van der Waals surface area contributed by atoms with Gasteiger partial charge in [-0.3, -0.25) is 4.79 Å². The largest absolute Gasteiger partial charge is 0.294 e. The maximum atomic E-state index is 12.3. The highest BCUT2D eigenvalue weighted by Crippen LogP contribution is 2.16. The molecule has 0 aliphatic heterocycles. The Morgan fingerprint density at radius 1 is 0.882 bits per heavy atom. The number of rotatable bonds is 3. The van der Waals surface area contributed by atoms with E-state index in [1.807, 2.05) is 62.4 Å². The van der Waals surface area contributed by atoms with Crippen LogP contribution in [0.4, 0.5) is 0 Å². The fourth-order valence-electron chi connectivity index (χ4n) is 2.12. The summed E-state index contributed by atoms with van der Waals surface area (Å²) in [6.07, 6.45) is 0.479. The number of Topliss-reactive ketones (excluding diaryl/α,β-unsaturated/α-hetero) is 1. The molecule has 1 heteroatoms. The Morgan fingerprint density at radius 3 is 2.06 bits per heavy atom. The molecule has 86 valence electrons. The van der Waals surface area contributed by atoms with Gasteiger partial charge >= 0.3 is 0 Å². The van der Waals surface area contributed by atoms with Crippen LogP contribution >= 0.6 is 0 Å². The molecule has 0 aliphatic rings. The summed E-state index contributed by atoms with van der Waals surface area (Å²) in [7, 11) is 0. The fourth-order valence-corrected chi connectivity index (χ4v) is 2.12. The van der Waals surface area contributed by atoms with Gasteiger partial charge in [0.05, 0.1) is 0 Å². The van der Waals surface area contributed by atoms with E-state index in [1.54, 1.807) is 0 Å². The molecule has 0 unspecified atom stereocenters. The van der Waals surface area contributed by atoms with Crippen molar-refractivity contribution in [2.24, 2.45) is 0 Å². The van der Waals surface area contributed by atoms with Crippen molar-refractivity contribution >= 4 is 5.78 Å². The molecule has 0 amide bonds. The third-order valence-corrected chi connectivity index (χ3v) is 2.97. The van der Waals surface area contributed by atoms with E-state index in [0.29, 0.717) is 6.42 Å². The maximum absolute atomic E-state index is 12.3. The monoisotopic (exact) mass is 224 g/mol. The number of carbonyl (C=O) groups is 1. The van der Waals surface area contributed by atoms with Gasteiger partial charge in [-0.25, -0.2) is 0 Å². The number of ketones is 1. The number of carbonyl (C=O) groups excluding carboxylic acids is 1. The minimum atomic E-state index is 0.201. The van der Waals surface area contributed by atoms with Gasteiger partial charge < -0.3 is 0 Å². The molecule has 2 rings (SSSR count). The lowest BCUT2D eigenvalue weighted by atomic mass is 9.95. The first-order chi connectivity index (χ1) is 8.18. The van der Waals surface area contributed by atoms with Crippen molar-refractivity contribution in [2.75, 3.05) is 0 Å². The number of hydrogen-bond donors (Lipinski definition) is 0. The minimum absolute atomic E-state index is 0.201. The van der Waals surface area contributed by atoms with Crippen LogP contribution in [0.2, 0.25) is 0 Å². The molecule has 0 radical (unpaired) electrons. The molecule has 0 atom stereocenters. The van der Waals surface area contributed by atoms with Gasteiger partial charge in [-0.05, 0) is 30.5 Å². The average molecular weight is 224 g/mol. The van der Waals surface area contributed by atoms with Gasteiger partial charge in [-0.15, -0.1) is 0 Å². The van der Waals surface area contributed by atoms with E-state index in [1.165, 1.54) is 0 Å². The first-order valence-electron chi connectivity index (χ1n) is 5.82. The normalized spacial score (nSPS) is 10.2. The second kappa shape index (κ2) is 4.96. The quantitative estimate of drug-likeness (QED) is 0.726. The Kier molecular flexibility index (Phi) is 3.38. The Balaban J connectivity index is 2.27. The summed E-state index contributed by atoms with van der Waals surface area (Å²) in [5.74, 6) is 0.201. The molecule has 0 N–H and O–H groups in total. The van der Waals surface area contributed by atoms with E-state index < -0.39 is 0 Å². The van der Waals surface area contributed by atoms with Gasteiger partial charge in [0.15, 0.2) is 5.78 Å². The summed E-state index contributed by atoms with van der Waals surface area (Å²) in [4.78, 5) is 12.3. The Hall–Kier alpha value is -1.89. The van der Waals surface area contributed by atoms with Crippen molar-refractivity contribution < 1.29 is 4.79 Å². The van der Waals surface area contributed by atoms with Crippen molar-refractivity contribution in [3.05, 3.63) is 70.8 Å². The molecule has 2 aromatic carbocycles. The fraction of sp³-hybridized carbons (Fsp3) is 0.188. The number of benzene rings is 2. The average Bonchev–Trinajstić information content (AvgIpc) is 2.30. The van der Waals surface area contributed by atoms with Gasteiger partial charge in [-0.1, -0.05) is 48.5 Å². The lowest BCUT2D eigenvalue weighted by molar-refractivity contribution is 0.0992. The summed E-state index contributed by atoms with van der Waals surface area (Å²) in [5.41, 5.74) is 4.06. The summed E-state index contributed by atoms with van der Waals surface area (Å²) in [5, 5.41) is 0. The highest BCUT2D eigenvalue weighted by molar-refractivity contribution is 6.00. The van der Waals surface area contributed by atoms with Gasteiger partial charge in [0.25, 0.3) is 0 Å². The van der Waals surface area contributed by atoms with Crippen molar-refractivity contribution in [3.8, 4) is 0 Å². The number of aryl methyl sites for hydroxylation is 2. The van der Waals surface area contributed by atoms with Crippen LogP contribution in [0.5, 0.6) is 0 Å². The smallest absolute Gasteiger partial charge is 0.167 e. The predicted molar refractivity (Wildman–Crippen MR) is 70.4 cm³/mol. The van der Waals surface area contributed by atoms with Crippen molar-refractivity contribution in [3.63, 3.8) is 0 Å². The third-order valence-electron chi connectivity index (χ3n) is 2.97. The topological polar surface area (TPSA) is 17.1 Å². The van der Waals surface area contributed by atoms with Gasteiger partial charge in [0.2, 0.25) is 0 Å². The standard InChI is InChI=1S/C16H16O/c1-12-7-6-8-13(2)16(12)15(17)11-14-9-4-3-5-10-14/h3-10H,11H2,1-2H3. The van der Waals surface area contributed by atoms with Crippen LogP contribution in [0.25, 0.3) is 0 Å². The second-order valence-electron chi connectivity index (χ2n) is 4.35. The van der Waals surface area contributed by atoms with E-state index in [4.69, 9.17) is 0 Å². The molecule has 0 heterocycles. The van der Waals surface area contributed by atoms with Crippen molar-refractivity contribution in [2.45, 2.75) is 20.3 Å². The molecular formula is C16H16O. The zero-order chi connectivity index (χ0) is 12.3. The first-order valence-corrected chi connectivity index (χ1v) is 5.82. The van der Waals surface area contributed by atoms with Crippen LogP contribution in [0.3, 0.4) is 0 Å². The van der Waals surface area contributed by atoms with Gasteiger partial charge in [-0.2, -0.15) is 0 Å². The Bertz CT molecular complexity index is 506. The van der Waals surface area contributed by atoms with Crippen LogP contribution in [0.1, 0.15) is 27.0 Å². The first kappa shape index (κ1) is 11.6. The molecule has 0 fully saturated rings. The maximum Gasteiger partial charge on any atom is 0.167 e. The molecule has 17 heavy (non-hydrogen) atoms. The van der Waals surface area contributed by atoms with E-state index in [0.717, 1.165) is 22.3 Å². The predicted octanol–water partition coefficient (Wildman–Crippen LogP) is 3.73. The van der Waals surface area contributed by atoms with Crippen LogP contribution < -0.4 is 0 Å². The lowest BCUT2D eigenvalue weighted by Crippen LogP contribution is -2.07. The molecular weight excluding hydrogens is 208 g/mol. The van der Waals surface area contributed by atoms with Gasteiger partial charge in [0.1, 0.15) is 0 Å². The van der Waals surface area contributed by atoms with Crippen LogP contribution in [-0.2, 0) is 6.42 Å². The van der Waals surface area contributed by atoms with Crippen molar-refractivity contribution in [1.29, 1.82) is 0 Å². The highest BCUT2D eigenvalue weighted by Gasteiger charge is 2.11. The zero-order valence-electron chi connectivity index (χ0n) is 10.2. The lowest BCUT2D eigenvalue weighted by Gasteiger charge is -2.08. The van der Waals surface area contributed by atoms with E-state index in [2.05, 4.69) is 0 Å². The summed E-state index contributed by atoms with van der Waals surface area (Å²) in [6.45, 7) is 3.98. The molecule has 0 aliphatic carbocycles. The van der Waals surface area contributed by atoms with E-state index >= 15 is 0 Å². The molecule has 2 aromatic rings. The zero-order valence-corrected chi connectivity index (χ0v) is 10.2.